The standard InChI is InChI=1S/C15H28N4O4S/c1-4-7-9-18(10-11-23-6-3)15(20)19-13-16-14(17-19)24(21,22)12-8-5-2/h13H,4-12H2,1-3H3. The van der Waals surface area contributed by atoms with Crippen LogP contribution >= 0.6 is 0 Å². The second kappa shape index (κ2) is 10.4. The zero-order valence-corrected chi connectivity index (χ0v) is 15.6. The number of amides is 1. The van der Waals surface area contributed by atoms with Crippen LogP contribution in [0.1, 0.15) is 46.5 Å². The maximum absolute atomic E-state index is 12.5. The van der Waals surface area contributed by atoms with E-state index >= 15 is 0 Å². The molecule has 1 heterocycles. The summed E-state index contributed by atoms with van der Waals surface area (Å²) < 4.78 is 30.5. The van der Waals surface area contributed by atoms with Crippen LogP contribution in [-0.4, -0.2) is 66.2 Å². The molecule has 1 aromatic heterocycles. The third kappa shape index (κ3) is 6.20. The third-order valence-corrected chi connectivity index (χ3v) is 5.04. The number of ether oxygens (including phenoxy) is 1. The number of nitrogens with zero attached hydrogens (tertiary/aromatic N) is 4. The molecule has 1 rings (SSSR count). The second-order valence-corrected chi connectivity index (χ2v) is 7.47. The van der Waals surface area contributed by atoms with Crippen molar-refractivity contribution in [1.82, 2.24) is 19.7 Å². The summed E-state index contributed by atoms with van der Waals surface area (Å²) in [5.41, 5.74) is 0. The molecule has 0 aliphatic rings. The number of aromatic nitrogens is 3. The Morgan fingerprint density at radius 3 is 2.54 bits per heavy atom. The van der Waals surface area contributed by atoms with Crippen molar-refractivity contribution in [2.24, 2.45) is 0 Å². The highest BCUT2D eigenvalue weighted by atomic mass is 32.2. The molecular formula is C15H28N4O4S. The maximum atomic E-state index is 12.5. The molecule has 0 saturated heterocycles. The number of rotatable bonds is 11. The van der Waals surface area contributed by atoms with Gasteiger partial charge in [-0.1, -0.05) is 26.7 Å². The van der Waals surface area contributed by atoms with Crippen molar-refractivity contribution in [3.63, 3.8) is 0 Å². The van der Waals surface area contributed by atoms with Gasteiger partial charge >= 0.3 is 6.03 Å². The number of hydrogen-bond donors (Lipinski definition) is 0. The highest BCUT2D eigenvalue weighted by molar-refractivity contribution is 7.91. The van der Waals surface area contributed by atoms with Gasteiger partial charge in [-0.05, 0) is 19.8 Å². The van der Waals surface area contributed by atoms with E-state index < -0.39 is 9.84 Å². The first-order valence-corrected chi connectivity index (χ1v) is 10.1. The first kappa shape index (κ1) is 20.6. The molecule has 24 heavy (non-hydrogen) atoms. The lowest BCUT2D eigenvalue weighted by atomic mass is 10.3. The number of carbonyl (C=O) groups is 1. The summed E-state index contributed by atoms with van der Waals surface area (Å²) in [7, 11) is -3.54. The molecule has 1 amide bonds. The van der Waals surface area contributed by atoms with Gasteiger partial charge in [-0.25, -0.2) is 18.2 Å². The molecule has 0 spiro atoms. The number of unbranched alkanes of at least 4 members (excludes halogenated alkanes) is 2. The van der Waals surface area contributed by atoms with Crippen LogP contribution in [0.4, 0.5) is 4.79 Å². The van der Waals surface area contributed by atoms with Crippen LogP contribution in [0.25, 0.3) is 0 Å². The van der Waals surface area contributed by atoms with Crippen molar-refractivity contribution in [3.05, 3.63) is 6.33 Å². The Bertz CT molecular complexity index is 600. The smallest absolute Gasteiger partial charge is 0.346 e. The topological polar surface area (TPSA) is 94.4 Å². The monoisotopic (exact) mass is 360 g/mol. The Hall–Kier alpha value is -1.48. The Balaban J connectivity index is 2.83. The normalized spacial score (nSPS) is 11.6. The summed E-state index contributed by atoms with van der Waals surface area (Å²) in [6.07, 6.45) is 4.28. The van der Waals surface area contributed by atoms with E-state index in [0.29, 0.717) is 32.7 Å². The van der Waals surface area contributed by atoms with E-state index in [2.05, 4.69) is 10.1 Å². The Morgan fingerprint density at radius 1 is 1.21 bits per heavy atom. The summed E-state index contributed by atoms with van der Waals surface area (Å²) in [5.74, 6) is -0.00834. The average Bonchev–Trinajstić information content (AvgIpc) is 3.06. The van der Waals surface area contributed by atoms with Gasteiger partial charge < -0.3 is 9.64 Å². The highest BCUT2D eigenvalue weighted by Gasteiger charge is 2.22. The van der Waals surface area contributed by atoms with E-state index in [1.165, 1.54) is 6.33 Å². The first-order valence-electron chi connectivity index (χ1n) is 8.47. The van der Waals surface area contributed by atoms with Gasteiger partial charge in [-0.3, -0.25) is 0 Å². The molecule has 0 aliphatic heterocycles. The minimum Gasteiger partial charge on any atom is -0.380 e. The fourth-order valence-corrected chi connectivity index (χ4v) is 3.30. The molecule has 0 fully saturated rings. The van der Waals surface area contributed by atoms with Gasteiger partial charge in [0.15, 0.2) is 0 Å². The van der Waals surface area contributed by atoms with Crippen LogP contribution in [0, 0.1) is 0 Å². The van der Waals surface area contributed by atoms with Crippen LogP contribution in [0.15, 0.2) is 11.5 Å². The fourth-order valence-electron chi connectivity index (χ4n) is 2.02. The summed E-state index contributed by atoms with van der Waals surface area (Å²) >= 11 is 0. The lowest BCUT2D eigenvalue weighted by Crippen LogP contribution is -2.38. The molecule has 0 radical (unpaired) electrons. The third-order valence-electron chi connectivity index (χ3n) is 3.47. The molecule has 138 valence electrons. The van der Waals surface area contributed by atoms with Crippen molar-refractivity contribution >= 4 is 15.9 Å². The quantitative estimate of drug-likeness (QED) is 0.560. The molecular weight excluding hydrogens is 332 g/mol. The molecule has 0 saturated carbocycles. The molecule has 0 bridgehead atoms. The molecule has 0 aromatic carbocycles. The van der Waals surface area contributed by atoms with Gasteiger partial charge in [-0.15, -0.1) is 5.10 Å². The van der Waals surface area contributed by atoms with Crippen molar-refractivity contribution < 1.29 is 17.9 Å². The van der Waals surface area contributed by atoms with E-state index in [1.807, 2.05) is 20.8 Å². The molecule has 9 heteroatoms. The maximum Gasteiger partial charge on any atom is 0.346 e. The SMILES string of the molecule is CCCCN(CCOCC)C(=O)n1cnc(S(=O)(=O)CCCC)n1. The van der Waals surface area contributed by atoms with Gasteiger partial charge in [0, 0.05) is 19.7 Å². The molecule has 0 N–H and O–H groups in total. The van der Waals surface area contributed by atoms with E-state index in [-0.39, 0.29) is 16.9 Å². The summed E-state index contributed by atoms with van der Waals surface area (Å²) in [5, 5.41) is 3.59. The van der Waals surface area contributed by atoms with E-state index in [0.717, 1.165) is 23.9 Å². The van der Waals surface area contributed by atoms with Gasteiger partial charge in [0.25, 0.3) is 5.16 Å². The summed E-state index contributed by atoms with van der Waals surface area (Å²) in [4.78, 5) is 17.9. The lowest BCUT2D eigenvalue weighted by Gasteiger charge is -2.21. The van der Waals surface area contributed by atoms with Crippen molar-refractivity contribution in [2.45, 2.75) is 51.6 Å². The zero-order chi connectivity index (χ0) is 18.0. The Kier molecular flexibility index (Phi) is 8.91. The van der Waals surface area contributed by atoms with E-state index in [1.54, 1.807) is 4.90 Å². The number of hydrogen-bond acceptors (Lipinski definition) is 6. The van der Waals surface area contributed by atoms with Crippen molar-refractivity contribution in [2.75, 3.05) is 32.1 Å². The Morgan fingerprint density at radius 2 is 1.92 bits per heavy atom. The van der Waals surface area contributed by atoms with Gasteiger partial charge in [0.1, 0.15) is 6.33 Å². The van der Waals surface area contributed by atoms with Gasteiger partial charge in [0.05, 0.1) is 12.4 Å². The van der Waals surface area contributed by atoms with E-state index in [4.69, 9.17) is 4.74 Å². The summed E-state index contributed by atoms with van der Waals surface area (Å²) in [6, 6.07) is -0.382. The van der Waals surface area contributed by atoms with Crippen LogP contribution in [0.3, 0.4) is 0 Å². The zero-order valence-electron chi connectivity index (χ0n) is 14.8. The molecule has 0 atom stereocenters. The van der Waals surface area contributed by atoms with Crippen LogP contribution in [0.5, 0.6) is 0 Å². The first-order chi connectivity index (χ1) is 11.5. The second-order valence-electron chi connectivity index (χ2n) is 5.46. The van der Waals surface area contributed by atoms with Gasteiger partial charge in [0.2, 0.25) is 9.84 Å². The van der Waals surface area contributed by atoms with Crippen LogP contribution < -0.4 is 0 Å². The molecule has 1 aromatic rings. The highest BCUT2D eigenvalue weighted by Crippen LogP contribution is 2.08. The molecule has 0 unspecified atom stereocenters. The largest absolute Gasteiger partial charge is 0.380 e. The number of sulfone groups is 1. The number of carbonyl (C=O) groups excluding carboxylic acids is 1. The fraction of sp³-hybridized carbons (Fsp3) is 0.800. The molecule has 8 nitrogen and oxygen atoms in total. The predicted octanol–water partition coefficient (Wildman–Crippen LogP) is 1.96. The average molecular weight is 360 g/mol. The lowest BCUT2D eigenvalue weighted by molar-refractivity contribution is 0.118. The van der Waals surface area contributed by atoms with Crippen molar-refractivity contribution in [1.29, 1.82) is 0 Å². The van der Waals surface area contributed by atoms with Crippen LogP contribution in [0.2, 0.25) is 0 Å². The summed E-state index contributed by atoms with van der Waals surface area (Å²) in [6.45, 7) is 7.86. The van der Waals surface area contributed by atoms with Crippen molar-refractivity contribution in [3.8, 4) is 0 Å². The van der Waals surface area contributed by atoms with E-state index in [9.17, 15) is 13.2 Å². The van der Waals surface area contributed by atoms with Gasteiger partial charge in [-0.2, -0.15) is 4.68 Å². The molecule has 0 aliphatic carbocycles. The minimum absolute atomic E-state index is 0.00834. The Labute approximate surface area is 144 Å². The van der Waals surface area contributed by atoms with Crippen LogP contribution in [-0.2, 0) is 14.6 Å². The minimum atomic E-state index is -3.54. The predicted molar refractivity (Wildman–Crippen MR) is 90.8 cm³/mol.